The molecule has 0 bridgehead atoms. The van der Waals surface area contributed by atoms with Crippen molar-refractivity contribution in [2.24, 2.45) is 0 Å². The van der Waals surface area contributed by atoms with Gasteiger partial charge in [-0.15, -0.1) is 0 Å². The first kappa shape index (κ1) is 13.6. The zero-order chi connectivity index (χ0) is 14.8. The normalized spacial score (nSPS) is 10.8. The Morgan fingerprint density at radius 3 is 2.52 bits per heavy atom. The topological polar surface area (TPSA) is 42.4 Å². The summed E-state index contributed by atoms with van der Waals surface area (Å²) in [6.45, 7) is 2.11. The van der Waals surface area contributed by atoms with E-state index in [-0.39, 0.29) is 6.61 Å². The van der Waals surface area contributed by atoms with Gasteiger partial charge in [0.1, 0.15) is 11.3 Å². The number of aliphatic hydroxyl groups excluding tert-OH is 1. The minimum absolute atomic E-state index is 0.0538. The Balaban J connectivity index is 2.19. The maximum atomic E-state index is 9.13. The highest BCUT2D eigenvalue weighted by molar-refractivity contribution is 5.88. The van der Waals surface area contributed by atoms with Gasteiger partial charge in [-0.05, 0) is 30.2 Å². The van der Waals surface area contributed by atoms with E-state index in [0.717, 1.165) is 39.0 Å². The summed E-state index contributed by atoms with van der Waals surface area (Å²) in [5, 5.41) is 10.2. The van der Waals surface area contributed by atoms with E-state index in [0.29, 0.717) is 0 Å². The van der Waals surface area contributed by atoms with Gasteiger partial charge in [0.25, 0.3) is 0 Å². The Kier molecular flexibility index (Phi) is 3.59. The second-order valence-corrected chi connectivity index (χ2v) is 5.04. The van der Waals surface area contributed by atoms with E-state index in [1.807, 2.05) is 42.5 Å². The Labute approximate surface area is 123 Å². The SMILES string of the molecule is COc1cccc2cc(C)c(-c3ccc(CO)cc3)nc12. The largest absolute Gasteiger partial charge is 0.494 e. The highest BCUT2D eigenvalue weighted by Gasteiger charge is 2.09. The first-order valence-electron chi connectivity index (χ1n) is 6.87. The van der Waals surface area contributed by atoms with E-state index >= 15 is 0 Å². The van der Waals surface area contributed by atoms with Crippen LogP contribution >= 0.6 is 0 Å². The summed E-state index contributed by atoms with van der Waals surface area (Å²) in [6, 6.07) is 15.9. The number of ether oxygens (including phenoxy) is 1. The molecular formula is C18H17NO2. The highest BCUT2D eigenvalue weighted by atomic mass is 16.5. The van der Waals surface area contributed by atoms with Gasteiger partial charge in [-0.3, -0.25) is 0 Å². The fourth-order valence-corrected chi connectivity index (χ4v) is 2.50. The second-order valence-electron chi connectivity index (χ2n) is 5.04. The number of nitrogens with zero attached hydrogens (tertiary/aromatic N) is 1. The fourth-order valence-electron chi connectivity index (χ4n) is 2.50. The molecule has 106 valence electrons. The van der Waals surface area contributed by atoms with Gasteiger partial charge >= 0.3 is 0 Å². The lowest BCUT2D eigenvalue weighted by molar-refractivity contribution is 0.282. The molecule has 0 aliphatic carbocycles. The molecule has 0 radical (unpaired) electrons. The summed E-state index contributed by atoms with van der Waals surface area (Å²) >= 11 is 0. The molecule has 2 aromatic carbocycles. The molecule has 0 amide bonds. The van der Waals surface area contributed by atoms with Crippen molar-refractivity contribution in [2.75, 3.05) is 7.11 Å². The number of aromatic nitrogens is 1. The number of aliphatic hydroxyl groups is 1. The van der Waals surface area contributed by atoms with Crippen molar-refractivity contribution < 1.29 is 9.84 Å². The van der Waals surface area contributed by atoms with Gasteiger partial charge < -0.3 is 9.84 Å². The van der Waals surface area contributed by atoms with Crippen LogP contribution in [0.5, 0.6) is 5.75 Å². The summed E-state index contributed by atoms with van der Waals surface area (Å²) < 4.78 is 5.40. The van der Waals surface area contributed by atoms with E-state index < -0.39 is 0 Å². The van der Waals surface area contributed by atoms with E-state index in [2.05, 4.69) is 13.0 Å². The van der Waals surface area contributed by atoms with Crippen LogP contribution in [0.1, 0.15) is 11.1 Å². The minimum Gasteiger partial charge on any atom is -0.494 e. The van der Waals surface area contributed by atoms with Crippen molar-refractivity contribution in [3.63, 3.8) is 0 Å². The van der Waals surface area contributed by atoms with Crippen molar-refractivity contribution in [1.82, 2.24) is 4.98 Å². The number of aryl methyl sites for hydroxylation is 1. The summed E-state index contributed by atoms with van der Waals surface area (Å²) in [6.07, 6.45) is 0. The lowest BCUT2D eigenvalue weighted by Gasteiger charge is -2.10. The molecule has 0 unspecified atom stereocenters. The number of methoxy groups -OCH3 is 1. The molecule has 3 rings (SSSR count). The molecule has 3 heteroatoms. The molecule has 1 heterocycles. The monoisotopic (exact) mass is 279 g/mol. The van der Waals surface area contributed by atoms with Crippen LogP contribution in [0, 0.1) is 6.92 Å². The van der Waals surface area contributed by atoms with Gasteiger partial charge in [-0.1, -0.05) is 36.4 Å². The second kappa shape index (κ2) is 5.54. The lowest BCUT2D eigenvalue weighted by atomic mass is 10.0. The molecule has 0 aliphatic rings. The molecule has 3 nitrogen and oxygen atoms in total. The number of hydrogen-bond acceptors (Lipinski definition) is 3. The Morgan fingerprint density at radius 2 is 1.86 bits per heavy atom. The van der Waals surface area contributed by atoms with Gasteiger partial charge in [0, 0.05) is 10.9 Å². The molecule has 0 spiro atoms. The minimum atomic E-state index is 0.0538. The van der Waals surface area contributed by atoms with Crippen molar-refractivity contribution >= 4 is 10.9 Å². The van der Waals surface area contributed by atoms with E-state index in [4.69, 9.17) is 14.8 Å². The van der Waals surface area contributed by atoms with Crippen LogP contribution in [0.3, 0.4) is 0 Å². The maximum absolute atomic E-state index is 9.13. The maximum Gasteiger partial charge on any atom is 0.145 e. The Hall–Kier alpha value is -2.39. The average Bonchev–Trinajstić information content (AvgIpc) is 2.53. The quantitative estimate of drug-likeness (QED) is 0.794. The molecule has 3 aromatic rings. The third-order valence-electron chi connectivity index (χ3n) is 3.63. The zero-order valence-electron chi connectivity index (χ0n) is 12.1. The van der Waals surface area contributed by atoms with Crippen LogP contribution in [-0.4, -0.2) is 17.2 Å². The molecule has 1 N–H and O–H groups in total. The Bertz CT molecular complexity index is 779. The van der Waals surface area contributed by atoms with Crippen LogP contribution < -0.4 is 4.74 Å². The lowest BCUT2D eigenvalue weighted by Crippen LogP contribution is -1.93. The van der Waals surface area contributed by atoms with E-state index in [9.17, 15) is 0 Å². The van der Waals surface area contributed by atoms with Crippen LogP contribution in [0.4, 0.5) is 0 Å². The van der Waals surface area contributed by atoms with Crippen LogP contribution in [0.15, 0.2) is 48.5 Å². The fraction of sp³-hybridized carbons (Fsp3) is 0.167. The van der Waals surface area contributed by atoms with E-state index in [1.54, 1.807) is 7.11 Å². The van der Waals surface area contributed by atoms with Crippen molar-refractivity contribution in [2.45, 2.75) is 13.5 Å². The number of para-hydroxylation sites is 1. The molecule has 0 atom stereocenters. The summed E-state index contributed by atoms with van der Waals surface area (Å²) in [5.74, 6) is 0.778. The number of hydrogen-bond donors (Lipinski definition) is 1. The first-order valence-corrected chi connectivity index (χ1v) is 6.87. The molecule has 21 heavy (non-hydrogen) atoms. The standard InChI is InChI=1S/C18H17NO2/c1-12-10-15-4-3-5-16(21-2)18(15)19-17(12)14-8-6-13(11-20)7-9-14/h3-10,20H,11H2,1-2H3. The molecule has 0 aliphatic heterocycles. The van der Waals surface area contributed by atoms with Gasteiger partial charge in [-0.2, -0.15) is 0 Å². The van der Waals surface area contributed by atoms with Crippen LogP contribution in [0.2, 0.25) is 0 Å². The van der Waals surface area contributed by atoms with Gasteiger partial charge in [0.05, 0.1) is 19.4 Å². The average molecular weight is 279 g/mol. The Morgan fingerprint density at radius 1 is 1.10 bits per heavy atom. The van der Waals surface area contributed by atoms with Crippen LogP contribution in [0.25, 0.3) is 22.2 Å². The third-order valence-corrected chi connectivity index (χ3v) is 3.63. The van der Waals surface area contributed by atoms with Gasteiger partial charge in [-0.25, -0.2) is 4.98 Å². The predicted molar refractivity (Wildman–Crippen MR) is 84.4 cm³/mol. The number of fused-ring (bicyclic) bond motifs is 1. The molecule has 0 fully saturated rings. The van der Waals surface area contributed by atoms with Crippen molar-refractivity contribution in [3.8, 4) is 17.0 Å². The van der Waals surface area contributed by atoms with Crippen molar-refractivity contribution in [1.29, 1.82) is 0 Å². The number of pyridine rings is 1. The third kappa shape index (κ3) is 2.48. The summed E-state index contributed by atoms with van der Waals surface area (Å²) in [5.41, 5.74) is 4.86. The molecule has 1 aromatic heterocycles. The zero-order valence-corrected chi connectivity index (χ0v) is 12.1. The van der Waals surface area contributed by atoms with Gasteiger partial charge in [0.2, 0.25) is 0 Å². The smallest absolute Gasteiger partial charge is 0.145 e. The summed E-state index contributed by atoms with van der Waals surface area (Å²) in [4.78, 5) is 4.78. The van der Waals surface area contributed by atoms with E-state index in [1.165, 1.54) is 0 Å². The van der Waals surface area contributed by atoms with Crippen LogP contribution in [-0.2, 0) is 6.61 Å². The predicted octanol–water partition coefficient (Wildman–Crippen LogP) is 3.71. The number of rotatable bonds is 3. The first-order chi connectivity index (χ1) is 10.2. The van der Waals surface area contributed by atoms with Crippen molar-refractivity contribution in [3.05, 3.63) is 59.7 Å². The molecule has 0 saturated carbocycles. The van der Waals surface area contributed by atoms with Gasteiger partial charge in [0.15, 0.2) is 0 Å². The summed E-state index contributed by atoms with van der Waals surface area (Å²) in [7, 11) is 1.66. The number of benzene rings is 2. The molecular weight excluding hydrogens is 262 g/mol. The highest BCUT2D eigenvalue weighted by Crippen LogP contribution is 2.29. The molecule has 0 saturated heterocycles.